The first-order valence-corrected chi connectivity index (χ1v) is 13.7. The van der Waals surface area contributed by atoms with Crippen molar-refractivity contribution in [2.75, 3.05) is 5.32 Å². The minimum atomic E-state index is -0.374. The van der Waals surface area contributed by atoms with Crippen LogP contribution in [0.15, 0.2) is 96.2 Å². The molecule has 202 valence electrons. The van der Waals surface area contributed by atoms with Gasteiger partial charge in [-0.25, -0.2) is 4.79 Å². The van der Waals surface area contributed by atoms with Gasteiger partial charge in [-0.05, 0) is 35.1 Å². The predicted octanol–water partition coefficient (Wildman–Crippen LogP) is 6.96. The monoisotopic (exact) mass is 532 g/mol. The molecular formula is C33H32N4O3. The molecule has 2 heterocycles. The van der Waals surface area contributed by atoms with Crippen LogP contribution < -0.4 is 5.32 Å². The van der Waals surface area contributed by atoms with Crippen LogP contribution in [0, 0.1) is 5.41 Å². The molecule has 0 spiro atoms. The highest BCUT2D eigenvalue weighted by Gasteiger charge is 2.39. The molecule has 2 aliphatic rings. The normalized spacial score (nSPS) is 18.4. The fourth-order valence-electron chi connectivity index (χ4n) is 5.79. The van der Waals surface area contributed by atoms with E-state index in [0.29, 0.717) is 48.3 Å². The highest BCUT2D eigenvalue weighted by atomic mass is 16.6. The third kappa shape index (κ3) is 5.19. The van der Waals surface area contributed by atoms with Gasteiger partial charge in [0, 0.05) is 30.9 Å². The van der Waals surface area contributed by atoms with E-state index in [4.69, 9.17) is 9.94 Å². The number of para-hydroxylation sites is 1. The van der Waals surface area contributed by atoms with E-state index in [1.54, 1.807) is 0 Å². The molecule has 4 aromatic rings. The number of oxime groups is 1. The minimum Gasteiger partial charge on any atom is -0.387 e. The fourth-order valence-corrected chi connectivity index (χ4v) is 5.79. The maximum atomic E-state index is 13.6. The van der Waals surface area contributed by atoms with Crippen molar-refractivity contribution >= 4 is 23.2 Å². The lowest BCUT2D eigenvalue weighted by atomic mass is 9.75. The molecule has 6 rings (SSSR count). The molecule has 1 aliphatic carbocycles. The number of amides is 1. The number of carbonyl (C=O) groups is 2. The van der Waals surface area contributed by atoms with Gasteiger partial charge >= 0.3 is 6.03 Å². The Balaban J connectivity index is 1.37. The first kappa shape index (κ1) is 25.7. The Hall–Kier alpha value is -4.52. The fraction of sp³-hybridized carbons (Fsp3) is 0.273. The minimum absolute atomic E-state index is 0.0265. The van der Waals surface area contributed by atoms with Crippen molar-refractivity contribution in [3.8, 4) is 0 Å². The van der Waals surface area contributed by atoms with Crippen molar-refractivity contribution in [3.63, 3.8) is 0 Å². The van der Waals surface area contributed by atoms with Gasteiger partial charge in [0.25, 0.3) is 0 Å². The number of ketones is 1. The summed E-state index contributed by atoms with van der Waals surface area (Å²) in [6.45, 7) is 4.11. The van der Waals surface area contributed by atoms with Crippen LogP contribution in [0.1, 0.15) is 71.6 Å². The van der Waals surface area contributed by atoms with Crippen LogP contribution in [0.25, 0.3) is 0 Å². The molecule has 0 radical (unpaired) electrons. The lowest BCUT2D eigenvalue weighted by molar-refractivity contribution is 0.0857. The van der Waals surface area contributed by atoms with Crippen molar-refractivity contribution in [1.29, 1.82) is 0 Å². The maximum absolute atomic E-state index is 13.6. The number of rotatable bonds is 6. The number of benzene rings is 3. The van der Waals surface area contributed by atoms with Crippen LogP contribution >= 0.6 is 0 Å². The first-order chi connectivity index (χ1) is 19.4. The van der Waals surface area contributed by atoms with Crippen LogP contribution in [0.3, 0.4) is 0 Å². The number of aromatic nitrogens is 2. The molecule has 0 fully saturated rings. The average Bonchev–Trinajstić information content (AvgIpc) is 3.58. The largest absolute Gasteiger partial charge is 0.387 e. The summed E-state index contributed by atoms with van der Waals surface area (Å²) >= 11 is 0. The number of nitrogens with zero attached hydrogens (tertiary/aromatic N) is 3. The van der Waals surface area contributed by atoms with Gasteiger partial charge in [-0.1, -0.05) is 97.9 Å². The Kier molecular flexibility index (Phi) is 6.80. The van der Waals surface area contributed by atoms with E-state index < -0.39 is 0 Å². The van der Waals surface area contributed by atoms with Crippen molar-refractivity contribution in [2.45, 2.75) is 51.6 Å². The van der Waals surface area contributed by atoms with Crippen molar-refractivity contribution < 1.29 is 14.4 Å². The molecule has 2 atom stereocenters. The number of Topliss-reactive ketones (excluding diaryl/α,β-unsaturated/α-hetero) is 1. The lowest BCUT2D eigenvalue weighted by Gasteiger charge is -2.29. The van der Waals surface area contributed by atoms with Crippen LogP contribution in [-0.2, 0) is 17.7 Å². The van der Waals surface area contributed by atoms with E-state index in [1.165, 1.54) is 4.68 Å². The SMILES string of the molecule is CC1(C)CC(=O)c2c(CC(C3=NOC(c4ccccc4)C3)c3ccccc3)nn(C(=O)Nc3ccccc3)c2C1. The summed E-state index contributed by atoms with van der Waals surface area (Å²) < 4.78 is 1.40. The topological polar surface area (TPSA) is 85.6 Å². The third-order valence-corrected chi connectivity index (χ3v) is 7.70. The average molecular weight is 533 g/mol. The van der Waals surface area contributed by atoms with E-state index in [1.807, 2.05) is 78.9 Å². The van der Waals surface area contributed by atoms with E-state index in [0.717, 1.165) is 16.8 Å². The zero-order chi connectivity index (χ0) is 27.7. The van der Waals surface area contributed by atoms with Gasteiger partial charge in [-0.3, -0.25) is 4.79 Å². The number of hydrogen-bond donors (Lipinski definition) is 1. The first-order valence-electron chi connectivity index (χ1n) is 13.7. The summed E-state index contributed by atoms with van der Waals surface area (Å²) in [4.78, 5) is 32.9. The van der Waals surface area contributed by atoms with Crippen LogP contribution in [-0.4, -0.2) is 27.3 Å². The van der Waals surface area contributed by atoms with Crippen molar-refractivity contribution in [3.05, 3.63) is 119 Å². The van der Waals surface area contributed by atoms with Gasteiger partial charge in [0.1, 0.15) is 0 Å². The van der Waals surface area contributed by atoms with E-state index >= 15 is 0 Å². The van der Waals surface area contributed by atoms with Gasteiger partial charge in [-0.2, -0.15) is 9.78 Å². The molecule has 2 unspecified atom stereocenters. The molecule has 3 aromatic carbocycles. The quantitative estimate of drug-likeness (QED) is 0.291. The molecule has 1 aromatic heterocycles. The molecule has 7 heteroatoms. The lowest BCUT2D eigenvalue weighted by Crippen LogP contribution is -2.31. The van der Waals surface area contributed by atoms with Crippen LogP contribution in [0.2, 0.25) is 0 Å². The van der Waals surface area contributed by atoms with Gasteiger partial charge in [0.15, 0.2) is 11.9 Å². The van der Waals surface area contributed by atoms with Gasteiger partial charge in [0.2, 0.25) is 0 Å². The molecule has 0 bridgehead atoms. The Bertz CT molecular complexity index is 1560. The number of fused-ring (bicyclic) bond motifs is 1. The van der Waals surface area contributed by atoms with Crippen LogP contribution in [0.5, 0.6) is 0 Å². The molecule has 7 nitrogen and oxygen atoms in total. The van der Waals surface area contributed by atoms with E-state index in [9.17, 15) is 9.59 Å². The summed E-state index contributed by atoms with van der Waals surface area (Å²) in [7, 11) is 0. The standard InChI is InChI=1S/C33H32N4O3/c1-33(2)20-28-31(29(38)21-33)27(35-37(28)32(39)34-24-16-10-5-11-17-24)18-25(22-12-6-3-7-13-22)26-19-30(40-36-26)23-14-8-4-9-15-23/h3-17,25,30H,18-21H2,1-2H3,(H,34,39). The van der Waals surface area contributed by atoms with Crippen molar-refractivity contribution in [1.82, 2.24) is 9.78 Å². The second-order valence-electron chi connectivity index (χ2n) is 11.4. The number of carbonyl (C=O) groups excluding carboxylic acids is 2. The van der Waals surface area contributed by atoms with Gasteiger partial charge in [0.05, 0.1) is 22.7 Å². The molecule has 1 amide bonds. The molecule has 40 heavy (non-hydrogen) atoms. The highest BCUT2D eigenvalue weighted by molar-refractivity contribution is 6.02. The number of hydrogen-bond acceptors (Lipinski definition) is 5. The second-order valence-corrected chi connectivity index (χ2v) is 11.4. The number of nitrogens with one attached hydrogen (secondary N) is 1. The maximum Gasteiger partial charge on any atom is 0.346 e. The predicted molar refractivity (Wildman–Crippen MR) is 155 cm³/mol. The summed E-state index contributed by atoms with van der Waals surface area (Å²) in [5, 5.41) is 12.3. The molecule has 1 N–H and O–H groups in total. The Morgan fingerprint density at radius 2 is 1.62 bits per heavy atom. The van der Waals surface area contributed by atoms with Gasteiger partial charge in [-0.15, -0.1) is 0 Å². The Labute approximate surface area is 233 Å². The van der Waals surface area contributed by atoms with E-state index in [-0.39, 0.29) is 29.3 Å². The molecule has 1 aliphatic heterocycles. The zero-order valence-electron chi connectivity index (χ0n) is 22.7. The van der Waals surface area contributed by atoms with E-state index in [2.05, 4.69) is 36.5 Å². The molecule has 0 saturated heterocycles. The second kappa shape index (κ2) is 10.6. The Morgan fingerprint density at radius 1 is 0.975 bits per heavy atom. The highest BCUT2D eigenvalue weighted by Crippen LogP contribution is 2.39. The van der Waals surface area contributed by atoms with Gasteiger partial charge < -0.3 is 10.2 Å². The number of anilines is 1. The smallest absolute Gasteiger partial charge is 0.346 e. The molecular weight excluding hydrogens is 500 g/mol. The summed E-state index contributed by atoms with van der Waals surface area (Å²) in [5.74, 6) is -0.124. The summed E-state index contributed by atoms with van der Waals surface area (Å²) in [5.41, 5.74) is 5.32. The molecule has 0 saturated carbocycles. The van der Waals surface area contributed by atoms with Crippen LogP contribution in [0.4, 0.5) is 10.5 Å². The summed E-state index contributed by atoms with van der Waals surface area (Å²) in [6.07, 6.45) is 1.91. The zero-order valence-corrected chi connectivity index (χ0v) is 22.7. The third-order valence-electron chi connectivity index (χ3n) is 7.70. The Morgan fingerprint density at radius 3 is 2.33 bits per heavy atom. The summed E-state index contributed by atoms with van der Waals surface area (Å²) in [6, 6.07) is 29.1. The van der Waals surface area contributed by atoms with Crippen molar-refractivity contribution in [2.24, 2.45) is 10.6 Å².